The van der Waals surface area contributed by atoms with E-state index in [0.717, 1.165) is 18.2 Å². The second-order valence-electron chi connectivity index (χ2n) is 4.29. The van der Waals surface area contributed by atoms with Crippen molar-refractivity contribution in [1.29, 1.82) is 0 Å². The monoisotopic (exact) mass is 314 g/mol. The zero-order valence-corrected chi connectivity index (χ0v) is 11.2. The Labute approximate surface area is 123 Å². The van der Waals surface area contributed by atoms with Crippen LogP contribution >= 0.6 is 11.6 Å². The summed E-state index contributed by atoms with van der Waals surface area (Å²) in [6.07, 6.45) is 4.33. The Hall–Kier alpha value is -2.28. The van der Waals surface area contributed by atoms with Crippen LogP contribution < -0.4 is 5.32 Å². The lowest BCUT2D eigenvalue weighted by atomic mass is 10.0. The molecule has 1 aromatic carbocycles. The lowest BCUT2D eigenvalue weighted by Crippen LogP contribution is -2.46. The number of amides is 1. The molecule has 1 aliphatic carbocycles. The summed E-state index contributed by atoms with van der Waals surface area (Å²) in [6, 6.07) is 1.70. The van der Waals surface area contributed by atoms with E-state index >= 15 is 0 Å². The van der Waals surface area contributed by atoms with Crippen LogP contribution in [0, 0.1) is 10.1 Å². The number of rotatable bonds is 3. The molecule has 0 saturated heterocycles. The summed E-state index contributed by atoms with van der Waals surface area (Å²) >= 11 is 5.78. The highest BCUT2D eigenvalue weighted by molar-refractivity contribution is 6.34. The fourth-order valence-electron chi connectivity index (χ4n) is 1.76. The van der Waals surface area contributed by atoms with Crippen molar-refractivity contribution in [3.63, 3.8) is 0 Å². The Bertz CT molecular complexity index is 659. The Morgan fingerprint density at radius 2 is 2.10 bits per heavy atom. The summed E-state index contributed by atoms with van der Waals surface area (Å²) in [6.45, 7) is 0. The Morgan fingerprint density at radius 3 is 2.71 bits per heavy atom. The number of hydrogen-bond acceptors (Lipinski definition) is 3. The maximum atomic E-state index is 13.6. The van der Waals surface area contributed by atoms with Gasteiger partial charge in [-0.3, -0.25) is 14.9 Å². The number of allylic oxidation sites excluding steroid dienone is 2. The number of nitrogens with one attached hydrogen (secondary N) is 1. The van der Waals surface area contributed by atoms with Crippen molar-refractivity contribution >= 4 is 23.2 Å². The molecule has 0 spiro atoms. The number of nitro groups is 1. The van der Waals surface area contributed by atoms with Gasteiger partial charge in [-0.1, -0.05) is 29.8 Å². The first-order valence-electron chi connectivity index (χ1n) is 5.80. The van der Waals surface area contributed by atoms with Crippen LogP contribution in [0.4, 0.5) is 14.5 Å². The number of non-ortho nitro benzene ring substituents is 1. The molecule has 0 saturated carbocycles. The molecule has 1 aromatic rings. The van der Waals surface area contributed by atoms with E-state index in [9.17, 15) is 23.7 Å². The van der Waals surface area contributed by atoms with Crippen molar-refractivity contribution in [2.24, 2.45) is 0 Å². The third-order valence-electron chi connectivity index (χ3n) is 2.84. The highest BCUT2D eigenvalue weighted by atomic mass is 35.5. The minimum atomic E-state index is -3.24. The quantitative estimate of drug-likeness (QED) is 0.688. The van der Waals surface area contributed by atoms with Crippen molar-refractivity contribution < 1.29 is 18.5 Å². The molecule has 0 aliphatic heterocycles. The van der Waals surface area contributed by atoms with E-state index in [-0.39, 0.29) is 16.3 Å². The van der Waals surface area contributed by atoms with Crippen molar-refractivity contribution in [3.8, 4) is 0 Å². The molecule has 1 atom stereocenters. The average molecular weight is 315 g/mol. The van der Waals surface area contributed by atoms with Crippen LogP contribution in [0.15, 0.2) is 42.5 Å². The van der Waals surface area contributed by atoms with Crippen molar-refractivity contribution in [2.45, 2.75) is 12.0 Å². The zero-order chi connectivity index (χ0) is 15.6. The maximum absolute atomic E-state index is 13.6. The van der Waals surface area contributed by atoms with E-state index in [2.05, 4.69) is 5.32 Å². The molecule has 0 heterocycles. The molecule has 5 nitrogen and oxygen atoms in total. The van der Waals surface area contributed by atoms with Crippen LogP contribution in [0.5, 0.6) is 0 Å². The van der Waals surface area contributed by atoms with Gasteiger partial charge in [0.2, 0.25) is 0 Å². The van der Waals surface area contributed by atoms with Gasteiger partial charge in [-0.25, -0.2) is 0 Å². The van der Waals surface area contributed by atoms with Gasteiger partial charge in [0.15, 0.2) is 0 Å². The highest BCUT2D eigenvalue weighted by Gasteiger charge is 2.37. The summed E-state index contributed by atoms with van der Waals surface area (Å²) in [5.41, 5.74) is -0.583. The van der Waals surface area contributed by atoms with Crippen LogP contribution in [-0.2, 0) is 0 Å². The van der Waals surface area contributed by atoms with E-state index < -0.39 is 22.8 Å². The lowest BCUT2D eigenvalue weighted by molar-refractivity contribution is -0.384. The molecule has 1 aliphatic rings. The molecule has 0 bridgehead atoms. The SMILES string of the molecule is O=C(NC1C=CC=CC1(F)F)c1cc([N+](=O)[O-])ccc1Cl. The molecular weight excluding hydrogens is 306 g/mol. The molecule has 0 aromatic heterocycles. The van der Waals surface area contributed by atoms with E-state index in [1.807, 2.05) is 0 Å². The first-order chi connectivity index (χ1) is 9.81. The van der Waals surface area contributed by atoms with Gasteiger partial charge >= 0.3 is 0 Å². The number of nitro benzene ring substituents is 1. The molecular formula is C13H9ClF2N2O3. The molecule has 1 unspecified atom stereocenters. The van der Waals surface area contributed by atoms with Crippen molar-refractivity contribution in [2.75, 3.05) is 0 Å². The van der Waals surface area contributed by atoms with Crippen molar-refractivity contribution in [1.82, 2.24) is 5.32 Å². The van der Waals surface area contributed by atoms with E-state index in [1.165, 1.54) is 18.2 Å². The summed E-state index contributed by atoms with van der Waals surface area (Å²) in [4.78, 5) is 22.0. The third-order valence-corrected chi connectivity index (χ3v) is 3.17. The van der Waals surface area contributed by atoms with Gasteiger partial charge in [0.25, 0.3) is 17.5 Å². The van der Waals surface area contributed by atoms with E-state index in [1.54, 1.807) is 0 Å². The fraction of sp³-hybridized carbons (Fsp3) is 0.154. The molecule has 1 amide bonds. The number of benzene rings is 1. The Kier molecular flexibility index (Phi) is 4.04. The molecule has 0 radical (unpaired) electrons. The van der Waals surface area contributed by atoms with Crippen LogP contribution in [0.3, 0.4) is 0 Å². The first-order valence-corrected chi connectivity index (χ1v) is 6.18. The average Bonchev–Trinajstić information content (AvgIpc) is 2.41. The standard InChI is InChI=1S/C13H9ClF2N2O3/c14-10-5-4-8(18(20)21)7-9(10)12(19)17-11-3-1-2-6-13(11,15)16/h1-7,11H,(H,17,19). The highest BCUT2D eigenvalue weighted by Crippen LogP contribution is 2.26. The van der Waals surface area contributed by atoms with Gasteiger partial charge in [-0.15, -0.1) is 0 Å². The molecule has 110 valence electrons. The van der Waals surface area contributed by atoms with E-state index in [4.69, 9.17) is 11.6 Å². The second kappa shape index (κ2) is 5.61. The van der Waals surface area contributed by atoms with Crippen LogP contribution in [-0.4, -0.2) is 22.8 Å². The topological polar surface area (TPSA) is 72.2 Å². The molecule has 8 heteroatoms. The molecule has 2 rings (SSSR count). The molecule has 1 N–H and O–H groups in total. The van der Waals surface area contributed by atoms with Gasteiger partial charge < -0.3 is 5.32 Å². The van der Waals surface area contributed by atoms with Crippen LogP contribution in [0.25, 0.3) is 0 Å². The largest absolute Gasteiger partial charge is 0.339 e. The van der Waals surface area contributed by atoms with Crippen LogP contribution in [0.1, 0.15) is 10.4 Å². The fourth-order valence-corrected chi connectivity index (χ4v) is 1.96. The minimum absolute atomic E-state index is 0.0586. The van der Waals surface area contributed by atoms with Crippen LogP contribution in [0.2, 0.25) is 5.02 Å². The predicted molar refractivity (Wildman–Crippen MR) is 72.6 cm³/mol. The third kappa shape index (κ3) is 3.25. The molecule has 0 fully saturated rings. The summed E-state index contributed by atoms with van der Waals surface area (Å²) in [7, 11) is 0. The number of carbonyl (C=O) groups is 1. The second-order valence-corrected chi connectivity index (χ2v) is 4.70. The molecule has 21 heavy (non-hydrogen) atoms. The van der Waals surface area contributed by atoms with Gasteiger partial charge in [0, 0.05) is 12.1 Å². The predicted octanol–water partition coefficient (Wildman–Crippen LogP) is 3.11. The van der Waals surface area contributed by atoms with Gasteiger partial charge in [0.05, 0.1) is 15.5 Å². The number of hydrogen-bond donors (Lipinski definition) is 1. The Morgan fingerprint density at radius 1 is 1.38 bits per heavy atom. The number of alkyl halides is 2. The van der Waals surface area contributed by atoms with Gasteiger partial charge in [-0.05, 0) is 12.1 Å². The maximum Gasteiger partial charge on any atom is 0.290 e. The number of carbonyl (C=O) groups excluding carboxylic acids is 1. The first kappa shape index (κ1) is 15.1. The summed E-state index contributed by atoms with van der Waals surface area (Å²) in [5.74, 6) is -4.15. The summed E-state index contributed by atoms with van der Waals surface area (Å²) in [5, 5.41) is 12.7. The Balaban J connectivity index is 2.25. The van der Waals surface area contributed by atoms with Gasteiger partial charge in [0.1, 0.15) is 6.04 Å². The zero-order valence-electron chi connectivity index (χ0n) is 10.4. The normalized spacial score (nSPS) is 19.3. The van der Waals surface area contributed by atoms with Crippen molar-refractivity contribution in [3.05, 3.63) is 63.2 Å². The summed E-state index contributed by atoms with van der Waals surface area (Å²) < 4.78 is 27.1. The number of nitrogens with zero attached hydrogens (tertiary/aromatic N) is 1. The minimum Gasteiger partial charge on any atom is -0.339 e. The van der Waals surface area contributed by atoms with Gasteiger partial charge in [-0.2, -0.15) is 8.78 Å². The van der Waals surface area contributed by atoms with E-state index in [0.29, 0.717) is 6.08 Å². The smallest absolute Gasteiger partial charge is 0.290 e. The number of halogens is 3. The lowest BCUT2D eigenvalue weighted by Gasteiger charge is -2.24.